The summed E-state index contributed by atoms with van der Waals surface area (Å²) in [6.07, 6.45) is 28.4. The monoisotopic (exact) mass is 561 g/mol. The molecule has 38 heavy (non-hydrogen) atoms. The second-order valence-corrected chi connectivity index (χ2v) is 12.8. The molecular formula is C31H63NO5S. The summed E-state index contributed by atoms with van der Waals surface area (Å²) in [5, 5.41) is 2.97. The molecule has 0 spiro atoms. The maximum atomic E-state index is 12.1. The average molecular weight is 562 g/mol. The summed E-state index contributed by atoms with van der Waals surface area (Å²) in [6, 6.07) is 0. The molecule has 0 aromatic heterocycles. The topological polar surface area (TPSA) is 92.7 Å². The van der Waals surface area contributed by atoms with Crippen molar-refractivity contribution in [3.05, 3.63) is 0 Å². The van der Waals surface area contributed by atoms with Crippen LogP contribution in [0.15, 0.2) is 0 Å². The van der Waals surface area contributed by atoms with Crippen LogP contribution >= 0.6 is 0 Å². The summed E-state index contributed by atoms with van der Waals surface area (Å²) < 4.78 is 36.0. The summed E-state index contributed by atoms with van der Waals surface area (Å²) in [7, 11) is -4.48. The molecule has 2 N–H and O–H groups in total. The van der Waals surface area contributed by atoms with E-state index in [1.807, 2.05) is 6.92 Å². The summed E-state index contributed by atoms with van der Waals surface area (Å²) in [4.78, 5) is 12.1. The highest BCUT2D eigenvalue weighted by Crippen LogP contribution is 2.29. The van der Waals surface area contributed by atoms with E-state index >= 15 is 0 Å². The molecule has 1 amide bonds. The molecule has 7 heteroatoms. The Morgan fingerprint density at radius 1 is 0.711 bits per heavy atom. The van der Waals surface area contributed by atoms with Gasteiger partial charge in [0.15, 0.2) is 0 Å². The first-order valence-corrected chi connectivity index (χ1v) is 17.4. The molecule has 0 radical (unpaired) electrons. The van der Waals surface area contributed by atoms with Gasteiger partial charge in [-0.05, 0) is 39.0 Å². The van der Waals surface area contributed by atoms with Gasteiger partial charge in [0.05, 0.1) is 5.60 Å². The van der Waals surface area contributed by atoms with Gasteiger partial charge in [-0.25, -0.2) is 4.18 Å². The van der Waals surface area contributed by atoms with Crippen LogP contribution in [0.5, 0.6) is 0 Å². The van der Waals surface area contributed by atoms with Gasteiger partial charge in [0.2, 0.25) is 5.91 Å². The zero-order chi connectivity index (χ0) is 28.5. The Morgan fingerprint density at radius 2 is 1.11 bits per heavy atom. The van der Waals surface area contributed by atoms with Crippen molar-refractivity contribution >= 4 is 16.3 Å². The van der Waals surface area contributed by atoms with Crippen molar-refractivity contribution in [1.82, 2.24) is 5.32 Å². The van der Waals surface area contributed by atoms with Crippen LogP contribution < -0.4 is 5.32 Å². The SMILES string of the molecule is CCCCCCCCCCCCCCCCCCCCCC(=O)NCCCC(CC)C(C)(C)OS(=O)(=O)O. The minimum atomic E-state index is -4.48. The Bertz CT molecular complexity index is 651. The van der Waals surface area contributed by atoms with Gasteiger partial charge < -0.3 is 5.32 Å². The molecule has 0 fully saturated rings. The minimum absolute atomic E-state index is 0.0268. The molecule has 1 unspecified atom stereocenters. The van der Waals surface area contributed by atoms with E-state index in [1.54, 1.807) is 13.8 Å². The molecule has 0 rings (SSSR count). The molecule has 0 aromatic carbocycles. The second kappa shape index (κ2) is 24.2. The summed E-state index contributed by atoms with van der Waals surface area (Å²) in [5.74, 6) is 0.0690. The van der Waals surface area contributed by atoms with E-state index in [-0.39, 0.29) is 11.8 Å². The van der Waals surface area contributed by atoms with Crippen molar-refractivity contribution in [2.75, 3.05) is 6.54 Å². The fourth-order valence-electron chi connectivity index (χ4n) is 5.41. The van der Waals surface area contributed by atoms with Crippen molar-refractivity contribution in [2.45, 2.75) is 181 Å². The van der Waals surface area contributed by atoms with Crippen LogP contribution in [0.4, 0.5) is 0 Å². The van der Waals surface area contributed by atoms with E-state index in [4.69, 9.17) is 8.74 Å². The fraction of sp³-hybridized carbons (Fsp3) is 0.968. The maximum Gasteiger partial charge on any atom is 0.397 e. The average Bonchev–Trinajstić information content (AvgIpc) is 2.83. The van der Waals surface area contributed by atoms with E-state index < -0.39 is 16.0 Å². The van der Waals surface area contributed by atoms with Gasteiger partial charge in [-0.1, -0.05) is 136 Å². The molecular weight excluding hydrogens is 498 g/mol. The lowest BCUT2D eigenvalue weighted by Crippen LogP contribution is -2.37. The maximum absolute atomic E-state index is 12.1. The predicted molar refractivity (Wildman–Crippen MR) is 161 cm³/mol. The van der Waals surface area contributed by atoms with Crippen LogP contribution in [0.1, 0.15) is 175 Å². The summed E-state index contributed by atoms with van der Waals surface area (Å²) in [5.41, 5.74) is -0.973. The molecule has 0 aliphatic carbocycles. The third-order valence-corrected chi connectivity index (χ3v) is 8.50. The zero-order valence-corrected chi connectivity index (χ0v) is 26.4. The highest BCUT2D eigenvalue weighted by molar-refractivity contribution is 7.80. The van der Waals surface area contributed by atoms with Crippen LogP contribution in [-0.4, -0.2) is 31.0 Å². The molecule has 6 nitrogen and oxygen atoms in total. The Labute approximate surface area is 236 Å². The lowest BCUT2D eigenvalue weighted by Gasteiger charge is -2.32. The molecule has 0 aliphatic rings. The van der Waals surface area contributed by atoms with Crippen LogP contribution in [0.3, 0.4) is 0 Å². The summed E-state index contributed by atoms with van der Waals surface area (Å²) in [6.45, 7) is 8.18. The fourth-order valence-corrected chi connectivity index (χ4v) is 6.09. The number of amides is 1. The number of hydrogen-bond acceptors (Lipinski definition) is 4. The smallest absolute Gasteiger partial charge is 0.356 e. The van der Waals surface area contributed by atoms with Crippen LogP contribution in [0, 0.1) is 5.92 Å². The van der Waals surface area contributed by atoms with Crippen molar-refractivity contribution < 1.29 is 21.9 Å². The highest BCUT2D eigenvalue weighted by Gasteiger charge is 2.33. The van der Waals surface area contributed by atoms with Crippen LogP contribution in [-0.2, 0) is 19.4 Å². The Morgan fingerprint density at radius 3 is 1.47 bits per heavy atom. The number of rotatable bonds is 28. The van der Waals surface area contributed by atoms with Crippen molar-refractivity contribution in [1.29, 1.82) is 0 Å². The second-order valence-electron chi connectivity index (χ2n) is 11.8. The lowest BCUT2D eigenvalue weighted by atomic mass is 9.85. The summed E-state index contributed by atoms with van der Waals surface area (Å²) >= 11 is 0. The number of nitrogens with one attached hydrogen (secondary N) is 1. The number of hydrogen-bond donors (Lipinski definition) is 2. The lowest BCUT2D eigenvalue weighted by molar-refractivity contribution is -0.121. The van der Waals surface area contributed by atoms with E-state index in [1.165, 1.54) is 109 Å². The molecule has 0 bridgehead atoms. The Kier molecular flexibility index (Phi) is 23.7. The third kappa shape index (κ3) is 24.4. The van der Waals surface area contributed by atoms with Gasteiger partial charge in [0.25, 0.3) is 0 Å². The first kappa shape index (κ1) is 37.3. The van der Waals surface area contributed by atoms with Gasteiger partial charge in [-0.3, -0.25) is 9.35 Å². The quantitative estimate of drug-likeness (QED) is 0.0733. The first-order chi connectivity index (χ1) is 18.1. The highest BCUT2D eigenvalue weighted by atomic mass is 32.3. The predicted octanol–water partition coefficient (Wildman–Crippen LogP) is 9.33. The van der Waals surface area contributed by atoms with Crippen molar-refractivity contribution in [2.24, 2.45) is 5.92 Å². The standard InChI is InChI=1S/C31H63NO5S/c1-5-7-8-9-10-11-12-13-14-15-16-17-18-19-20-21-22-23-24-27-30(33)32-28-25-26-29(6-2)31(3,4)37-38(34,35)36/h29H,5-28H2,1-4H3,(H,32,33)(H,34,35,36). The van der Waals surface area contributed by atoms with Crippen molar-refractivity contribution in [3.8, 4) is 0 Å². The third-order valence-electron chi connectivity index (χ3n) is 7.85. The van der Waals surface area contributed by atoms with Gasteiger partial charge in [-0.15, -0.1) is 0 Å². The van der Waals surface area contributed by atoms with E-state index in [9.17, 15) is 13.2 Å². The number of carbonyl (C=O) groups excluding carboxylic acids is 1. The Balaban J connectivity index is 3.48. The van der Waals surface area contributed by atoms with Gasteiger partial charge in [0.1, 0.15) is 0 Å². The first-order valence-electron chi connectivity index (χ1n) is 16.1. The van der Waals surface area contributed by atoms with E-state index in [0.29, 0.717) is 13.0 Å². The zero-order valence-electron chi connectivity index (χ0n) is 25.5. The molecule has 228 valence electrons. The normalized spacial score (nSPS) is 13.1. The molecule has 0 aliphatic heterocycles. The van der Waals surface area contributed by atoms with E-state index in [0.717, 1.165) is 32.1 Å². The van der Waals surface area contributed by atoms with Crippen molar-refractivity contribution in [3.63, 3.8) is 0 Å². The van der Waals surface area contributed by atoms with Gasteiger partial charge >= 0.3 is 10.4 Å². The number of carbonyl (C=O) groups is 1. The molecule has 0 heterocycles. The van der Waals surface area contributed by atoms with Gasteiger partial charge in [-0.2, -0.15) is 8.42 Å². The van der Waals surface area contributed by atoms with E-state index in [2.05, 4.69) is 12.2 Å². The Hall–Kier alpha value is -0.660. The van der Waals surface area contributed by atoms with Crippen LogP contribution in [0.2, 0.25) is 0 Å². The minimum Gasteiger partial charge on any atom is -0.356 e. The molecule has 0 aromatic rings. The molecule has 0 saturated heterocycles. The largest absolute Gasteiger partial charge is 0.397 e. The van der Waals surface area contributed by atoms with Crippen LogP contribution in [0.25, 0.3) is 0 Å². The number of unbranched alkanes of at least 4 members (excludes halogenated alkanes) is 18. The molecule has 1 atom stereocenters. The molecule has 0 saturated carbocycles. The van der Waals surface area contributed by atoms with Gasteiger partial charge in [0, 0.05) is 13.0 Å².